The van der Waals surface area contributed by atoms with Crippen LogP contribution in [0.3, 0.4) is 0 Å². The van der Waals surface area contributed by atoms with Crippen molar-refractivity contribution in [2.75, 3.05) is 5.75 Å². The highest BCUT2D eigenvalue weighted by molar-refractivity contribution is 8.01. The standard InChI is InChI=1S/C10H18OS2/c1-2-8-13-10(9-12)6-4-3-5-7-11/h7,9-10H,2-6,8H2,1H3. The van der Waals surface area contributed by atoms with Gasteiger partial charge in [0.1, 0.15) is 6.29 Å². The van der Waals surface area contributed by atoms with E-state index in [0.29, 0.717) is 11.7 Å². The van der Waals surface area contributed by atoms with Gasteiger partial charge in [-0.2, -0.15) is 11.8 Å². The van der Waals surface area contributed by atoms with Crippen molar-refractivity contribution >= 4 is 35.6 Å². The summed E-state index contributed by atoms with van der Waals surface area (Å²) < 4.78 is 0. The largest absolute Gasteiger partial charge is 0.303 e. The van der Waals surface area contributed by atoms with Gasteiger partial charge in [-0.25, -0.2) is 0 Å². The van der Waals surface area contributed by atoms with Crippen LogP contribution in [0.4, 0.5) is 0 Å². The maximum absolute atomic E-state index is 10.1. The lowest BCUT2D eigenvalue weighted by Gasteiger charge is -2.09. The van der Waals surface area contributed by atoms with Gasteiger partial charge in [0.15, 0.2) is 0 Å². The van der Waals surface area contributed by atoms with Gasteiger partial charge in [0, 0.05) is 11.7 Å². The monoisotopic (exact) mass is 218 g/mol. The lowest BCUT2D eigenvalue weighted by molar-refractivity contribution is -0.107. The summed E-state index contributed by atoms with van der Waals surface area (Å²) in [5, 5.41) is 2.38. The van der Waals surface area contributed by atoms with Crippen LogP contribution in [0.2, 0.25) is 0 Å². The second kappa shape index (κ2) is 10.2. The second-order valence-corrected chi connectivity index (χ2v) is 4.62. The van der Waals surface area contributed by atoms with E-state index >= 15 is 0 Å². The Bertz CT molecular complexity index is 137. The third kappa shape index (κ3) is 8.44. The van der Waals surface area contributed by atoms with Crippen LogP contribution in [0.15, 0.2) is 0 Å². The fraction of sp³-hybridized carbons (Fsp3) is 0.800. The van der Waals surface area contributed by atoms with Gasteiger partial charge >= 0.3 is 0 Å². The molecule has 76 valence electrons. The van der Waals surface area contributed by atoms with E-state index in [1.807, 2.05) is 17.1 Å². The van der Waals surface area contributed by atoms with Gasteiger partial charge in [-0.1, -0.05) is 25.6 Å². The Hall–Kier alpha value is 0.110. The van der Waals surface area contributed by atoms with Gasteiger partial charge in [-0.3, -0.25) is 0 Å². The Morgan fingerprint density at radius 2 is 2.23 bits per heavy atom. The lowest BCUT2D eigenvalue weighted by atomic mass is 10.2. The fourth-order valence-electron chi connectivity index (χ4n) is 1.03. The van der Waals surface area contributed by atoms with Crippen molar-refractivity contribution < 1.29 is 4.79 Å². The minimum absolute atomic E-state index is 0.515. The third-order valence-electron chi connectivity index (χ3n) is 1.75. The lowest BCUT2D eigenvalue weighted by Crippen LogP contribution is -2.03. The summed E-state index contributed by atoms with van der Waals surface area (Å²) in [5.74, 6) is 1.19. The quantitative estimate of drug-likeness (QED) is 0.336. The molecule has 0 aromatic rings. The first-order valence-corrected chi connectivity index (χ1v) is 6.37. The number of carbonyl (C=O) groups is 1. The molecule has 0 aliphatic heterocycles. The maximum atomic E-state index is 10.1. The molecule has 1 unspecified atom stereocenters. The summed E-state index contributed by atoms with van der Waals surface area (Å²) in [4.78, 5) is 10.1. The van der Waals surface area contributed by atoms with Gasteiger partial charge in [0.05, 0.1) is 0 Å². The molecule has 0 fully saturated rings. The number of carbonyl (C=O) groups excluding carboxylic acids is 1. The highest BCUT2D eigenvalue weighted by atomic mass is 32.2. The average molecular weight is 218 g/mol. The second-order valence-electron chi connectivity index (χ2n) is 3.00. The van der Waals surface area contributed by atoms with E-state index < -0.39 is 0 Å². The van der Waals surface area contributed by atoms with Crippen molar-refractivity contribution in [3.63, 3.8) is 0 Å². The molecule has 0 spiro atoms. The number of aldehydes is 1. The summed E-state index contributed by atoms with van der Waals surface area (Å²) in [6, 6.07) is 0. The molecule has 0 aromatic carbocycles. The number of hydrogen-bond acceptors (Lipinski definition) is 3. The summed E-state index contributed by atoms with van der Waals surface area (Å²) in [6.07, 6.45) is 6.15. The Morgan fingerprint density at radius 3 is 2.77 bits per heavy atom. The predicted octanol–water partition coefficient (Wildman–Crippen LogP) is 3.26. The first-order valence-electron chi connectivity index (χ1n) is 4.85. The van der Waals surface area contributed by atoms with Gasteiger partial charge in [-0.15, -0.1) is 0 Å². The maximum Gasteiger partial charge on any atom is 0.119 e. The number of unbranched alkanes of at least 4 members (excludes halogenated alkanes) is 2. The van der Waals surface area contributed by atoms with E-state index in [1.165, 1.54) is 12.2 Å². The fourth-order valence-corrected chi connectivity index (χ4v) is 2.36. The molecule has 0 saturated heterocycles. The SMILES string of the molecule is CCCSC(C=S)CCCCC=O. The summed E-state index contributed by atoms with van der Waals surface area (Å²) in [5.41, 5.74) is 0. The molecule has 0 bridgehead atoms. The van der Waals surface area contributed by atoms with Crippen LogP contribution < -0.4 is 0 Å². The molecule has 0 aliphatic carbocycles. The molecule has 0 heterocycles. The zero-order valence-corrected chi connectivity index (χ0v) is 9.83. The molecular formula is C10H18OS2. The summed E-state index contributed by atoms with van der Waals surface area (Å²) >= 11 is 6.88. The molecule has 0 amide bonds. The molecule has 0 radical (unpaired) electrons. The minimum Gasteiger partial charge on any atom is -0.303 e. The van der Waals surface area contributed by atoms with Gasteiger partial charge in [-0.05, 0) is 30.4 Å². The van der Waals surface area contributed by atoms with E-state index in [0.717, 1.165) is 25.5 Å². The van der Waals surface area contributed by atoms with Crippen molar-refractivity contribution in [2.24, 2.45) is 0 Å². The Labute approximate surface area is 90.7 Å². The van der Waals surface area contributed by atoms with E-state index in [4.69, 9.17) is 12.2 Å². The molecule has 0 aromatic heterocycles. The van der Waals surface area contributed by atoms with Crippen LogP contribution in [0.25, 0.3) is 0 Å². The number of hydrogen-bond donors (Lipinski definition) is 0. The Kier molecular flexibility index (Phi) is 10.3. The first kappa shape index (κ1) is 13.1. The van der Waals surface area contributed by atoms with Crippen LogP contribution in [0, 0.1) is 0 Å². The molecule has 1 atom stereocenters. The van der Waals surface area contributed by atoms with Gasteiger partial charge in [0.2, 0.25) is 0 Å². The predicted molar refractivity (Wildman–Crippen MR) is 64.7 cm³/mol. The van der Waals surface area contributed by atoms with E-state index in [1.54, 1.807) is 0 Å². The molecule has 0 rings (SSSR count). The number of thioether (sulfide) groups is 1. The van der Waals surface area contributed by atoms with Gasteiger partial charge in [0.25, 0.3) is 0 Å². The highest BCUT2D eigenvalue weighted by Gasteiger charge is 2.03. The molecule has 13 heavy (non-hydrogen) atoms. The van der Waals surface area contributed by atoms with Gasteiger partial charge < -0.3 is 4.79 Å². The Morgan fingerprint density at radius 1 is 1.46 bits per heavy atom. The molecule has 0 saturated carbocycles. The summed E-state index contributed by atoms with van der Waals surface area (Å²) in [6.45, 7) is 2.18. The topological polar surface area (TPSA) is 17.1 Å². The third-order valence-corrected chi connectivity index (χ3v) is 3.69. The smallest absolute Gasteiger partial charge is 0.119 e. The molecule has 1 nitrogen and oxygen atoms in total. The van der Waals surface area contributed by atoms with Crippen molar-refractivity contribution in [1.29, 1.82) is 0 Å². The molecule has 0 N–H and O–H groups in total. The van der Waals surface area contributed by atoms with E-state index in [-0.39, 0.29) is 0 Å². The minimum atomic E-state index is 0.515. The number of rotatable bonds is 9. The Balaban J connectivity index is 3.35. The molecule has 3 heteroatoms. The molecular weight excluding hydrogens is 200 g/mol. The first-order chi connectivity index (χ1) is 6.35. The normalized spacial score (nSPS) is 12.4. The van der Waals surface area contributed by atoms with Crippen molar-refractivity contribution in [2.45, 2.75) is 44.3 Å². The van der Waals surface area contributed by atoms with E-state index in [2.05, 4.69) is 6.92 Å². The average Bonchev–Trinajstić information content (AvgIpc) is 2.17. The highest BCUT2D eigenvalue weighted by Crippen LogP contribution is 2.17. The van der Waals surface area contributed by atoms with Crippen molar-refractivity contribution in [3.8, 4) is 0 Å². The van der Waals surface area contributed by atoms with Crippen LogP contribution in [0.5, 0.6) is 0 Å². The summed E-state index contributed by atoms with van der Waals surface area (Å²) in [7, 11) is 0. The van der Waals surface area contributed by atoms with Crippen molar-refractivity contribution in [3.05, 3.63) is 0 Å². The van der Waals surface area contributed by atoms with Crippen LogP contribution in [-0.2, 0) is 4.79 Å². The number of thiocarbonyl (C=S) groups is 1. The zero-order chi connectivity index (χ0) is 9.94. The van der Waals surface area contributed by atoms with Crippen LogP contribution in [0.1, 0.15) is 39.0 Å². The van der Waals surface area contributed by atoms with Crippen LogP contribution >= 0.6 is 24.0 Å². The molecule has 0 aliphatic rings. The van der Waals surface area contributed by atoms with Crippen LogP contribution in [-0.4, -0.2) is 22.7 Å². The van der Waals surface area contributed by atoms with Crippen molar-refractivity contribution in [1.82, 2.24) is 0 Å². The zero-order valence-electron chi connectivity index (χ0n) is 8.20. The van der Waals surface area contributed by atoms with E-state index in [9.17, 15) is 4.79 Å².